The Hall–Kier alpha value is -1.36. The quantitative estimate of drug-likeness (QED) is 0.849. The molecule has 18 heavy (non-hydrogen) atoms. The first-order valence-corrected chi connectivity index (χ1v) is 6.57. The highest BCUT2D eigenvalue weighted by molar-refractivity contribution is 9.10. The first-order chi connectivity index (χ1) is 8.58. The molecule has 0 fully saturated rings. The van der Waals surface area contributed by atoms with Gasteiger partial charge in [0.1, 0.15) is 5.75 Å². The molecule has 2 rings (SSSR count). The predicted molar refractivity (Wildman–Crippen MR) is 69.2 cm³/mol. The van der Waals surface area contributed by atoms with Gasteiger partial charge in [0.25, 0.3) is 0 Å². The Kier molecular flexibility index (Phi) is 4.01. The number of fused-ring (bicyclic) bond motifs is 1. The van der Waals surface area contributed by atoms with Gasteiger partial charge in [0, 0.05) is 18.4 Å². The van der Waals surface area contributed by atoms with Gasteiger partial charge in [-0.25, -0.2) is 0 Å². The summed E-state index contributed by atoms with van der Waals surface area (Å²) >= 11 is 3.40. The van der Waals surface area contributed by atoms with E-state index in [0.29, 0.717) is 25.2 Å². The third kappa shape index (κ3) is 2.90. The zero-order valence-corrected chi connectivity index (χ0v) is 11.3. The molecule has 0 bridgehead atoms. The number of carboxylic acid groups (broad SMARTS) is 1. The summed E-state index contributed by atoms with van der Waals surface area (Å²) < 4.78 is 6.31. The Bertz CT molecular complexity index is 496. The lowest BCUT2D eigenvalue weighted by Gasteiger charge is -2.09. The summed E-state index contributed by atoms with van der Waals surface area (Å²) in [5, 5.41) is 8.52. The van der Waals surface area contributed by atoms with E-state index in [1.807, 2.05) is 6.07 Å². The maximum absolute atomic E-state index is 11.6. The summed E-state index contributed by atoms with van der Waals surface area (Å²) in [7, 11) is 0. The fourth-order valence-corrected chi connectivity index (χ4v) is 2.47. The van der Waals surface area contributed by atoms with Gasteiger partial charge in [-0.15, -0.1) is 0 Å². The summed E-state index contributed by atoms with van der Waals surface area (Å²) in [5.74, 6) is -0.0796. The summed E-state index contributed by atoms with van der Waals surface area (Å²) in [6.45, 7) is 0.331. The van der Waals surface area contributed by atoms with Gasteiger partial charge in [0.15, 0.2) is 5.78 Å². The van der Waals surface area contributed by atoms with Gasteiger partial charge in [-0.3, -0.25) is 9.59 Å². The van der Waals surface area contributed by atoms with Crippen molar-refractivity contribution in [2.75, 3.05) is 6.61 Å². The van der Waals surface area contributed by atoms with Crippen molar-refractivity contribution in [3.8, 4) is 5.75 Å². The monoisotopic (exact) mass is 312 g/mol. The molecule has 4 nitrogen and oxygen atoms in total. The molecule has 0 saturated carbocycles. The highest BCUT2D eigenvalue weighted by Gasteiger charge is 2.21. The molecule has 1 aliphatic rings. The summed E-state index contributed by atoms with van der Waals surface area (Å²) in [4.78, 5) is 22.0. The Balaban J connectivity index is 2.03. The minimum atomic E-state index is -0.832. The standard InChI is InChI=1S/C13H13BrO4/c14-10-6-8-3-4-11(15)9(8)7-12(10)18-5-1-2-13(16)17/h6-7H,1-5H2,(H,16,17). The number of carbonyl (C=O) groups is 2. The van der Waals surface area contributed by atoms with Gasteiger partial charge in [-0.05, 0) is 46.5 Å². The van der Waals surface area contributed by atoms with E-state index in [2.05, 4.69) is 15.9 Å². The van der Waals surface area contributed by atoms with Crippen LogP contribution in [0.5, 0.6) is 5.75 Å². The summed E-state index contributed by atoms with van der Waals surface area (Å²) in [6, 6.07) is 3.66. The first kappa shape index (κ1) is 13.1. The number of ketones is 1. The molecule has 0 atom stereocenters. The Morgan fingerprint density at radius 3 is 2.89 bits per heavy atom. The zero-order chi connectivity index (χ0) is 13.1. The molecule has 1 aromatic rings. The molecule has 1 aliphatic carbocycles. The van der Waals surface area contributed by atoms with Crippen LogP contribution in [-0.2, 0) is 11.2 Å². The predicted octanol–water partition coefficient (Wildman–Crippen LogP) is 2.82. The van der Waals surface area contributed by atoms with E-state index >= 15 is 0 Å². The number of aliphatic carboxylic acids is 1. The van der Waals surface area contributed by atoms with E-state index < -0.39 is 5.97 Å². The smallest absolute Gasteiger partial charge is 0.303 e. The van der Waals surface area contributed by atoms with Gasteiger partial charge in [0.2, 0.25) is 0 Å². The number of hydrogen-bond acceptors (Lipinski definition) is 3. The van der Waals surface area contributed by atoms with E-state index in [4.69, 9.17) is 9.84 Å². The van der Waals surface area contributed by atoms with E-state index in [0.717, 1.165) is 22.0 Å². The molecule has 0 aromatic heterocycles. The number of ether oxygens (including phenoxy) is 1. The molecule has 0 heterocycles. The van der Waals surface area contributed by atoms with Crippen molar-refractivity contribution in [2.45, 2.75) is 25.7 Å². The van der Waals surface area contributed by atoms with Gasteiger partial charge in [-0.1, -0.05) is 0 Å². The fraction of sp³-hybridized carbons (Fsp3) is 0.385. The van der Waals surface area contributed by atoms with Crippen LogP contribution in [0.2, 0.25) is 0 Å². The molecule has 0 amide bonds. The number of rotatable bonds is 5. The summed E-state index contributed by atoms with van der Waals surface area (Å²) in [6.07, 6.45) is 1.88. The van der Waals surface area contributed by atoms with Crippen LogP contribution in [0.15, 0.2) is 16.6 Å². The molecule has 5 heteroatoms. The molecule has 0 radical (unpaired) electrons. The van der Waals surface area contributed by atoms with Crippen molar-refractivity contribution in [3.05, 3.63) is 27.7 Å². The van der Waals surface area contributed by atoms with Crippen LogP contribution >= 0.6 is 15.9 Å². The highest BCUT2D eigenvalue weighted by Crippen LogP contribution is 2.33. The number of carbonyl (C=O) groups excluding carboxylic acids is 1. The van der Waals surface area contributed by atoms with Crippen molar-refractivity contribution >= 4 is 27.7 Å². The Morgan fingerprint density at radius 1 is 1.39 bits per heavy atom. The third-order valence-corrected chi connectivity index (χ3v) is 3.49. The van der Waals surface area contributed by atoms with Crippen LogP contribution in [-0.4, -0.2) is 23.5 Å². The van der Waals surface area contributed by atoms with Gasteiger partial charge in [0.05, 0.1) is 11.1 Å². The Labute approximate surface area is 113 Å². The average Bonchev–Trinajstić information content (AvgIpc) is 2.66. The molecule has 96 valence electrons. The second-order valence-electron chi connectivity index (χ2n) is 4.21. The lowest BCUT2D eigenvalue weighted by molar-refractivity contribution is -0.137. The van der Waals surface area contributed by atoms with E-state index in [-0.39, 0.29) is 12.2 Å². The largest absolute Gasteiger partial charge is 0.492 e. The lowest BCUT2D eigenvalue weighted by Crippen LogP contribution is -2.03. The number of Topliss-reactive ketones (excluding diaryl/α,β-unsaturated/α-hetero) is 1. The van der Waals surface area contributed by atoms with Crippen LogP contribution in [0.25, 0.3) is 0 Å². The van der Waals surface area contributed by atoms with Crippen molar-refractivity contribution in [1.82, 2.24) is 0 Å². The number of carboxylic acids is 1. The van der Waals surface area contributed by atoms with Crippen molar-refractivity contribution in [3.63, 3.8) is 0 Å². The van der Waals surface area contributed by atoms with Crippen LogP contribution in [0.4, 0.5) is 0 Å². The average molecular weight is 313 g/mol. The molecular weight excluding hydrogens is 300 g/mol. The van der Waals surface area contributed by atoms with Gasteiger partial charge >= 0.3 is 5.97 Å². The maximum atomic E-state index is 11.6. The lowest BCUT2D eigenvalue weighted by atomic mass is 10.1. The van der Waals surface area contributed by atoms with Gasteiger partial charge in [-0.2, -0.15) is 0 Å². The summed E-state index contributed by atoms with van der Waals surface area (Å²) in [5.41, 5.74) is 1.77. The first-order valence-electron chi connectivity index (χ1n) is 5.78. The zero-order valence-electron chi connectivity index (χ0n) is 9.74. The molecule has 0 saturated heterocycles. The fourth-order valence-electron chi connectivity index (χ4n) is 1.96. The van der Waals surface area contributed by atoms with Gasteiger partial charge < -0.3 is 9.84 Å². The van der Waals surface area contributed by atoms with Crippen molar-refractivity contribution in [2.24, 2.45) is 0 Å². The topological polar surface area (TPSA) is 63.6 Å². The molecular formula is C13H13BrO4. The van der Waals surface area contributed by atoms with Crippen LogP contribution in [0.1, 0.15) is 35.2 Å². The van der Waals surface area contributed by atoms with E-state index in [1.165, 1.54) is 0 Å². The van der Waals surface area contributed by atoms with Crippen molar-refractivity contribution < 1.29 is 19.4 Å². The molecule has 0 unspecified atom stereocenters. The SMILES string of the molecule is O=C(O)CCCOc1cc2c(cc1Br)CCC2=O. The van der Waals surface area contributed by atoms with E-state index in [9.17, 15) is 9.59 Å². The van der Waals surface area contributed by atoms with Crippen molar-refractivity contribution in [1.29, 1.82) is 0 Å². The molecule has 0 spiro atoms. The normalized spacial score (nSPS) is 13.5. The van der Waals surface area contributed by atoms with Crippen LogP contribution in [0, 0.1) is 0 Å². The second-order valence-corrected chi connectivity index (χ2v) is 5.06. The molecule has 0 aliphatic heterocycles. The molecule has 1 aromatic carbocycles. The minimum absolute atomic E-state index is 0.0848. The molecule has 1 N–H and O–H groups in total. The number of halogens is 1. The number of aryl methyl sites for hydroxylation is 1. The Morgan fingerprint density at radius 2 is 2.17 bits per heavy atom. The highest BCUT2D eigenvalue weighted by atomic mass is 79.9. The van der Waals surface area contributed by atoms with E-state index in [1.54, 1.807) is 6.07 Å². The van der Waals surface area contributed by atoms with Crippen LogP contribution < -0.4 is 4.74 Å². The number of benzene rings is 1. The third-order valence-electron chi connectivity index (χ3n) is 2.87. The minimum Gasteiger partial charge on any atom is -0.492 e. The number of hydrogen-bond donors (Lipinski definition) is 1. The second kappa shape index (κ2) is 5.52. The van der Waals surface area contributed by atoms with Crippen LogP contribution in [0.3, 0.4) is 0 Å². The maximum Gasteiger partial charge on any atom is 0.303 e.